The van der Waals surface area contributed by atoms with Crippen LogP contribution < -0.4 is 0 Å². The number of rotatable bonds is 3. The van der Waals surface area contributed by atoms with Crippen molar-refractivity contribution in [2.24, 2.45) is 0 Å². The second-order valence-electron chi connectivity index (χ2n) is 12.4. The van der Waals surface area contributed by atoms with Crippen LogP contribution in [0.2, 0.25) is 0 Å². The fourth-order valence-electron chi connectivity index (χ4n) is 7.63. The van der Waals surface area contributed by atoms with Crippen LogP contribution in [0.3, 0.4) is 0 Å². The van der Waals surface area contributed by atoms with Gasteiger partial charge in [-0.25, -0.2) is 4.98 Å². The predicted molar refractivity (Wildman–Crippen MR) is 195 cm³/mol. The molecule has 5 heteroatoms. The molecular weight excluding hydrogens is 590 g/mol. The highest BCUT2D eigenvalue weighted by atomic mass is 16.3. The Hall–Kier alpha value is -6.59. The van der Waals surface area contributed by atoms with Gasteiger partial charge in [0.25, 0.3) is 0 Å². The lowest BCUT2D eigenvalue weighted by atomic mass is 10.1. The molecule has 0 saturated carbocycles. The maximum atomic E-state index is 6.90. The number of nitrogens with zero attached hydrogens (tertiary/aromatic N) is 3. The summed E-state index contributed by atoms with van der Waals surface area (Å²) in [6.45, 7) is 0. The molecule has 0 fully saturated rings. The Kier molecular flexibility index (Phi) is 5.05. The van der Waals surface area contributed by atoms with Crippen molar-refractivity contribution in [1.29, 1.82) is 0 Å². The molecule has 5 nitrogen and oxygen atoms in total. The summed E-state index contributed by atoms with van der Waals surface area (Å²) in [5, 5.41) is 6.61. The van der Waals surface area contributed by atoms with E-state index in [0.29, 0.717) is 0 Å². The van der Waals surface area contributed by atoms with Crippen molar-refractivity contribution in [3.8, 4) is 22.8 Å². The minimum absolute atomic E-state index is 0.807. The molecule has 0 bridgehead atoms. The molecule has 4 aromatic heterocycles. The lowest BCUT2D eigenvalue weighted by molar-refractivity contribution is 0.665. The molecule has 0 aliphatic rings. The maximum absolute atomic E-state index is 6.90. The van der Waals surface area contributed by atoms with E-state index in [2.05, 4.69) is 137 Å². The molecule has 0 spiro atoms. The van der Waals surface area contributed by atoms with Gasteiger partial charge >= 0.3 is 0 Å². The first kappa shape index (κ1) is 25.6. The van der Waals surface area contributed by atoms with Crippen molar-refractivity contribution in [3.05, 3.63) is 152 Å². The molecule has 11 rings (SSSR count). The normalized spacial score (nSPS) is 12.2. The van der Waals surface area contributed by atoms with Crippen molar-refractivity contribution in [1.82, 2.24) is 14.1 Å². The first-order valence-corrected chi connectivity index (χ1v) is 16.1. The largest absolute Gasteiger partial charge is 0.454 e. The number of para-hydroxylation sites is 4. The lowest BCUT2D eigenvalue weighted by Crippen LogP contribution is -1.97. The Morgan fingerprint density at radius 1 is 0.438 bits per heavy atom. The highest BCUT2D eigenvalue weighted by Crippen LogP contribution is 2.43. The Morgan fingerprint density at radius 3 is 2.00 bits per heavy atom. The minimum Gasteiger partial charge on any atom is -0.454 e. The van der Waals surface area contributed by atoms with Crippen LogP contribution in [0.15, 0.2) is 160 Å². The lowest BCUT2D eigenvalue weighted by Gasteiger charge is -2.09. The molecule has 4 heterocycles. The standard InChI is InChI=1S/C43H25N3O2/c1-3-12-26(13-4-1)43-44-34-25-39-33(24-37(34)45(43)27-14-5-2-6-15-27)32-23-22-30-28-16-7-9-19-35(28)46(40(30)42(32)48-39)36-20-11-18-31-29-17-8-10-21-38(29)47-41(31)36/h1-25H. The number of hydrogen-bond donors (Lipinski definition) is 0. The number of fused-ring (bicyclic) bond motifs is 11. The van der Waals surface area contributed by atoms with Crippen molar-refractivity contribution >= 4 is 76.7 Å². The van der Waals surface area contributed by atoms with E-state index in [0.717, 1.165) is 99.5 Å². The maximum Gasteiger partial charge on any atom is 0.160 e. The molecular formula is C43H25N3O2. The second-order valence-corrected chi connectivity index (χ2v) is 12.4. The fraction of sp³-hybridized carbons (Fsp3) is 0. The topological polar surface area (TPSA) is 49.0 Å². The summed E-state index contributed by atoms with van der Waals surface area (Å²) in [5.41, 5.74) is 10.5. The van der Waals surface area contributed by atoms with Crippen LogP contribution in [0, 0.1) is 0 Å². The number of imidazole rings is 1. The smallest absolute Gasteiger partial charge is 0.160 e. The van der Waals surface area contributed by atoms with Gasteiger partial charge in [0.15, 0.2) is 11.2 Å². The summed E-state index contributed by atoms with van der Waals surface area (Å²) in [7, 11) is 0. The summed E-state index contributed by atoms with van der Waals surface area (Å²) in [6, 6.07) is 52.8. The van der Waals surface area contributed by atoms with Gasteiger partial charge in [-0.2, -0.15) is 0 Å². The van der Waals surface area contributed by atoms with Gasteiger partial charge in [0.1, 0.15) is 17.0 Å². The van der Waals surface area contributed by atoms with E-state index in [1.807, 2.05) is 24.3 Å². The third-order valence-corrected chi connectivity index (χ3v) is 9.72. The first-order valence-electron chi connectivity index (χ1n) is 16.1. The average Bonchev–Trinajstić information content (AvgIpc) is 3.90. The molecule has 7 aromatic carbocycles. The van der Waals surface area contributed by atoms with Crippen LogP contribution in [-0.4, -0.2) is 14.1 Å². The van der Waals surface area contributed by atoms with Gasteiger partial charge in [0.05, 0.1) is 27.8 Å². The molecule has 0 aliphatic carbocycles. The number of benzene rings is 7. The van der Waals surface area contributed by atoms with Crippen molar-refractivity contribution < 1.29 is 8.83 Å². The highest BCUT2D eigenvalue weighted by Gasteiger charge is 2.23. The second kappa shape index (κ2) is 9.47. The number of hydrogen-bond acceptors (Lipinski definition) is 3. The Bertz CT molecular complexity index is 3050. The van der Waals surface area contributed by atoms with Gasteiger partial charge < -0.3 is 13.4 Å². The molecule has 0 aliphatic heterocycles. The Labute approximate surface area is 273 Å². The van der Waals surface area contributed by atoms with E-state index in [1.165, 1.54) is 0 Å². The van der Waals surface area contributed by atoms with Gasteiger partial charge in [-0.05, 0) is 42.5 Å². The summed E-state index contributed by atoms with van der Waals surface area (Å²) in [4.78, 5) is 5.18. The molecule has 0 saturated heterocycles. The molecule has 48 heavy (non-hydrogen) atoms. The molecule has 0 unspecified atom stereocenters. The predicted octanol–water partition coefficient (Wildman–Crippen LogP) is 11.6. The minimum atomic E-state index is 0.807. The first-order chi connectivity index (χ1) is 23.8. The quantitative estimate of drug-likeness (QED) is 0.199. The SMILES string of the molecule is c1ccc(-c2nc3cc4oc5c(ccc6c7ccccc7n(-c7cccc8c7oc7ccccc78)c65)c4cc3n2-c2ccccc2)cc1. The molecule has 0 radical (unpaired) electrons. The van der Waals surface area contributed by atoms with Crippen LogP contribution in [0.4, 0.5) is 0 Å². The van der Waals surface area contributed by atoms with Crippen molar-refractivity contribution in [3.63, 3.8) is 0 Å². The fourth-order valence-corrected chi connectivity index (χ4v) is 7.63. The van der Waals surface area contributed by atoms with E-state index in [9.17, 15) is 0 Å². The summed E-state index contributed by atoms with van der Waals surface area (Å²) in [6.07, 6.45) is 0. The van der Waals surface area contributed by atoms with E-state index >= 15 is 0 Å². The third-order valence-electron chi connectivity index (χ3n) is 9.72. The molecule has 0 amide bonds. The molecule has 0 N–H and O–H groups in total. The zero-order valence-electron chi connectivity index (χ0n) is 25.6. The summed E-state index contributed by atoms with van der Waals surface area (Å²) < 4.78 is 18.0. The van der Waals surface area contributed by atoms with Gasteiger partial charge in [0.2, 0.25) is 0 Å². The average molecular weight is 616 g/mol. The van der Waals surface area contributed by atoms with Crippen molar-refractivity contribution in [2.45, 2.75) is 0 Å². The van der Waals surface area contributed by atoms with Crippen LogP contribution in [-0.2, 0) is 0 Å². The summed E-state index contributed by atoms with van der Waals surface area (Å²) >= 11 is 0. The van der Waals surface area contributed by atoms with Crippen LogP contribution in [0.25, 0.3) is 99.5 Å². The zero-order chi connectivity index (χ0) is 31.3. The summed E-state index contributed by atoms with van der Waals surface area (Å²) in [5.74, 6) is 0.898. The third kappa shape index (κ3) is 3.42. The molecule has 0 atom stereocenters. The van der Waals surface area contributed by atoms with Crippen LogP contribution in [0.1, 0.15) is 0 Å². The monoisotopic (exact) mass is 615 g/mol. The van der Waals surface area contributed by atoms with Crippen molar-refractivity contribution in [2.75, 3.05) is 0 Å². The Morgan fingerprint density at radius 2 is 1.12 bits per heavy atom. The van der Waals surface area contributed by atoms with Crippen LogP contribution >= 0.6 is 0 Å². The van der Waals surface area contributed by atoms with Crippen LogP contribution in [0.5, 0.6) is 0 Å². The van der Waals surface area contributed by atoms with E-state index in [-0.39, 0.29) is 0 Å². The van der Waals surface area contributed by atoms with Gasteiger partial charge in [-0.1, -0.05) is 103 Å². The number of furan rings is 2. The van der Waals surface area contributed by atoms with E-state index in [4.69, 9.17) is 13.8 Å². The van der Waals surface area contributed by atoms with E-state index < -0.39 is 0 Å². The number of aromatic nitrogens is 3. The zero-order valence-corrected chi connectivity index (χ0v) is 25.6. The molecule has 11 aromatic rings. The Balaban J connectivity index is 1.25. The van der Waals surface area contributed by atoms with Gasteiger partial charge in [0, 0.05) is 49.6 Å². The highest BCUT2D eigenvalue weighted by molar-refractivity contribution is 6.23. The van der Waals surface area contributed by atoms with Gasteiger partial charge in [-0.15, -0.1) is 0 Å². The van der Waals surface area contributed by atoms with Gasteiger partial charge in [-0.3, -0.25) is 4.57 Å². The molecule has 224 valence electrons. The van der Waals surface area contributed by atoms with E-state index in [1.54, 1.807) is 0 Å².